The van der Waals surface area contributed by atoms with E-state index in [0.29, 0.717) is 13.1 Å². The van der Waals surface area contributed by atoms with E-state index in [0.717, 1.165) is 16.7 Å². The highest BCUT2D eigenvalue weighted by Gasteiger charge is 2.15. The number of hydrogen-bond acceptors (Lipinski definition) is 5. The lowest BCUT2D eigenvalue weighted by molar-refractivity contribution is -0.385. The van der Waals surface area contributed by atoms with Crippen LogP contribution in [0.5, 0.6) is 5.75 Å². The molecule has 0 fully saturated rings. The van der Waals surface area contributed by atoms with Gasteiger partial charge in [0.05, 0.1) is 18.1 Å². The van der Waals surface area contributed by atoms with Crippen LogP contribution in [0.1, 0.15) is 22.8 Å². The number of aliphatic hydroxyl groups excluding tert-OH is 1. The first-order valence-electron chi connectivity index (χ1n) is 7.28. The molecule has 0 aromatic heterocycles. The zero-order chi connectivity index (χ0) is 16.8. The van der Waals surface area contributed by atoms with Crippen molar-refractivity contribution in [3.05, 3.63) is 69.3 Å². The molecule has 0 heterocycles. The predicted molar refractivity (Wildman–Crippen MR) is 87.5 cm³/mol. The maximum atomic E-state index is 11.0. The molecule has 6 heteroatoms. The molecule has 0 aliphatic carbocycles. The minimum absolute atomic E-state index is 0.0637. The standard InChI is InChI=1S/C17H20N2O4/c1-12-5-3-4-6-14(12)16(20)11-18-10-13-7-8-17(23-2)15(9-13)19(21)22/h3-9,16,18,20H,10-11H2,1-2H3. The Bertz CT molecular complexity index is 688. The molecular formula is C17H20N2O4. The number of hydrogen-bond donors (Lipinski definition) is 2. The van der Waals surface area contributed by atoms with Crippen LogP contribution in [0.2, 0.25) is 0 Å². The van der Waals surface area contributed by atoms with Gasteiger partial charge < -0.3 is 15.2 Å². The Morgan fingerprint density at radius 1 is 1.30 bits per heavy atom. The molecule has 0 saturated carbocycles. The van der Waals surface area contributed by atoms with Crippen LogP contribution in [0, 0.1) is 17.0 Å². The third-order valence-electron chi connectivity index (χ3n) is 3.65. The Labute approximate surface area is 134 Å². The Morgan fingerprint density at radius 3 is 2.70 bits per heavy atom. The minimum atomic E-state index is -0.621. The van der Waals surface area contributed by atoms with E-state index >= 15 is 0 Å². The topological polar surface area (TPSA) is 84.6 Å². The van der Waals surface area contributed by atoms with Gasteiger partial charge in [-0.2, -0.15) is 0 Å². The van der Waals surface area contributed by atoms with Crippen molar-refractivity contribution in [1.29, 1.82) is 0 Å². The molecule has 6 nitrogen and oxygen atoms in total. The molecule has 0 amide bonds. The molecule has 0 saturated heterocycles. The number of nitro groups is 1. The maximum absolute atomic E-state index is 11.0. The summed E-state index contributed by atoms with van der Waals surface area (Å²) >= 11 is 0. The first kappa shape index (κ1) is 16.9. The fourth-order valence-corrected chi connectivity index (χ4v) is 2.41. The Balaban J connectivity index is 1.98. The molecule has 2 N–H and O–H groups in total. The number of aliphatic hydroxyl groups is 1. The average Bonchev–Trinajstić information content (AvgIpc) is 2.55. The van der Waals surface area contributed by atoms with Gasteiger partial charge in [-0.05, 0) is 29.7 Å². The van der Waals surface area contributed by atoms with Crippen molar-refractivity contribution in [1.82, 2.24) is 5.32 Å². The molecule has 23 heavy (non-hydrogen) atoms. The van der Waals surface area contributed by atoms with Crippen molar-refractivity contribution < 1.29 is 14.8 Å². The zero-order valence-corrected chi connectivity index (χ0v) is 13.2. The van der Waals surface area contributed by atoms with E-state index in [1.165, 1.54) is 13.2 Å². The molecule has 2 rings (SSSR count). The van der Waals surface area contributed by atoms with E-state index < -0.39 is 11.0 Å². The summed E-state index contributed by atoms with van der Waals surface area (Å²) in [4.78, 5) is 10.5. The van der Waals surface area contributed by atoms with Crippen LogP contribution in [0.4, 0.5) is 5.69 Å². The first-order valence-corrected chi connectivity index (χ1v) is 7.28. The second-order valence-corrected chi connectivity index (χ2v) is 5.27. The molecule has 0 aliphatic heterocycles. The van der Waals surface area contributed by atoms with Gasteiger partial charge >= 0.3 is 5.69 Å². The van der Waals surface area contributed by atoms with Crippen molar-refractivity contribution in [2.75, 3.05) is 13.7 Å². The minimum Gasteiger partial charge on any atom is -0.490 e. The number of methoxy groups -OCH3 is 1. The van der Waals surface area contributed by atoms with Crippen LogP contribution >= 0.6 is 0 Å². The fraction of sp³-hybridized carbons (Fsp3) is 0.294. The lowest BCUT2D eigenvalue weighted by Gasteiger charge is -2.14. The second-order valence-electron chi connectivity index (χ2n) is 5.27. The van der Waals surface area contributed by atoms with Crippen molar-refractivity contribution in [2.24, 2.45) is 0 Å². The summed E-state index contributed by atoms with van der Waals surface area (Å²) in [6, 6.07) is 12.5. The van der Waals surface area contributed by atoms with Gasteiger partial charge in [0.25, 0.3) is 0 Å². The van der Waals surface area contributed by atoms with Gasteiger partial charge in [-0.3, -0.25) is 10.1 Å². The Hall–Kier alpha value is -2.44. The van der Waals surface area contributed by atoms with Crippen LogP contribution in [0.25, 0.3) is 0 Å². The van der Waals surface area contributed by atoms with Crippen LogP contribution in [0.15, 0.2) is 42.5 Å². The molecule has 2 aromatic rings. The highest BCUT2D eigenvalue weighted by Crippen LogP contribution is 2.27. The fourth-order valence-electron chi connectivity index (χ4n) is 2.41. The van der Waals surface area contributed by atoms with Crippen molar-refractivity contribution in [3.8, 4) is 5.75 Å². The van der Waals surface area contributed by atoms with Crippen molar-refractivity contribution in [2.45, 2.75) is 19.6 Å². The summed E-state index contributed by atoms with van der Waals surface area (Å²) in [6.45, 7) is 2.74. The molecule has 122 valence electrons. The van der Waals surface area contributed by atoms with E-state index in [-0.39, 0.29) is 11.4 Å². The summed E-state index contributed by atoms with van der Waals surface area (Å²) < 4.78 is 4.97. The number of ether oxygens (including phenoxy) is 1. The molecule has 1 unspecified atom stereocenters. The van der Waals surface area contributed by atoms with Gasteiger partial charge in [0.1, 0.15) is 0 Å². The predicted octanol–water partition coefficient (Wildman–Crippen LogP) is 2.74. The first-order chi connectivity index (χ1) is 11.0. The highest BCUT2D eigenvalue weighted by atomic mass is 16.6. The van der Waals surface area contributed by atoms with Gasteiger partial charge in [-0.15, -0.1) is 0 Å². The number of rotatable bonds is 7. The van der Waals surface area contributed by atoms with Gasteiger partial charge in [0.2, 0.25) is 0 Å². The average molecular weight is 316 g/mol. The molecule has 0 spiro atoms. The van der Waals surface area contributed by atoms with E-state index in [2.05, 4.69) is 5.32 Å². The number of benzene rings is 2. The monoisotopic (exact) mass is 316 g/mol. The van der Waals surface area contributed by atoms with Gasteiger partial charge in [0, 0.05) is 19.2 Å². The SMILES string of the molecule is COc1ccc(CNCC(O)c2ccccc2C)cc1[N+](=O)[O-]. The summed E-state index contributed by atoms with van der Waals surface area (Å²) in [6.07, 6.45) is -0.621. The van der Waals surface area contributed by atoms with Crippen LogP contribution in [-0.4, -0.2) is 23.7 Å². The van der Waals surface area contributed by atoms with Crippen molar-refractivity contribution >= 4 is 5.69 Å². The largest absolute Gasteiger partial charge is 0.490 e. The molecule has 0 radical (unpaired) electrons. The summed E-state index contributed by atoms with van der Waals surface area (Å²) in [5.41, 5.74) is 2.60. The van der Waals surface area contributed by atoms with Crippen LogP contribution in [-0.2, 0) is 6.54 Å². The molecule has 2 aromatic carbocycles. The normalized spacial score (nSPS) is 12.0. The number of nitro benzene ring substituents is 1. The summed E-state index contributed by atoms with van der Waals surface area (Å²) in [5.74, 6) is 0.235. The smallest absolute Gasteiger partial charge is 0.311 e. The summed E-state index contributed by atoms with van der Waals surface area (Å²) in [5, 5.41) is 24.3. The quantitative estimate of drug-likeness (QED) is 0.606. The van der Waals surface area contributed by atoms with E-state index in [9.17, 15) is 15.2 Å². The molecular weight excluding hydrogens is 296 g/mol. The lowest BCUT2D eigenvalue weighted by atomic mass is 10.0. The van der Waals surface area contributed by atoms with Gasteiger partial charge in [0.15, 0.2) is 5.75 Å². The van der Waals surface area contributed by atoms with E-state index in [4.69, 9.17) is 4.74 Å². The third kappa shape index (κ3) is 4.28. The number of nitrogens with zero attached hydrogens (tertiary/aromatic N) is 1. The highest BCUT2D eigenvalue weighted by molar-refractivity contribution is 5.48. The van der Waals surface area contributed by atoms with Gasteiger partial charge in [-0.1, -0.05) is 30.3 Å². The Morgan fingerprint density at radius 2 is 2.04 bits per heavy atom. The molecule has 0 aliphatic rings. The molecule has 1 atom stereocenters. The second kappa shape index (κ2) is 7.71. The van der Waals surface area contributed by atoms with Crippen molar-refractivity contribution in [3.63, 3.8) is 0 Å². The van der Waals surface area contributed by atoms with Gasteiger partial charge in [-0.25, -0.2) is 0 Å². The number of nitrogens with one attached hydrogen (secondary N) is 1. The lowest BCUT2D eigenvalue weighted by Crippen LogP contribution is -2.21. The van der Waals surface area contributed by atoms with Crippen LogP contribution < -0.4 is 10.1 Å². The summed E-state index contributed by atoms with van der Waals surface area (Å²) in [7, 11) is 1.40. The van der Waals surface area contributed by atoms with E-state index in [1.807, 2.05) is 31.2 Å². The number of aryl methyl sites for hydroxylation is 1. The van der Waals surface area contributed by atoms with Crippen LogP contribution in [0.3, 0.4) is 0 Å². The maximum Gasteiger partial charge on any atom is 0.311 e. The Kier molecular flexibility index (Phi) is 5.67. The third-order valence-corrected chi connectivity index (χ3v) is 3.65. The zero-order valence-electron chi connectivity index (χ0n) is 13.2. The molecule has 0 bridgehead atoms. The van der Waals surface area contributed by atoms with E-state index in [1.54, 1.807) is 12.1 Å².